The van der Waals surface area contributed by atoms with Crippen molar-refractivity contribution < 1.29 is 23.6 Å². The first-order valence-electron chi connectivity index (χ1n) is 5.34. The van der Waals surface area contributed by atoms with Gasteiger partial charge in [0.1, 0.15) is 11.5 Å². The van der Waals surface area contributed by atoms with E-state index in [2.05, 4.69) is 0 Å². The van der Waals surface area contributed by atoms with Gasteiger partial charge in [-0.25, -0.2) is 0 Å². The lowest BCUT2D eigenvalue weighted by molar-refractivity contribution is -0.140. The Morgan fingerprint density at radius 1 is 1.17 bits per heavy atom. The van der Waals surface area contributed by atoms with Crippen LogP contribution in [0.2, 0.25) is 0 Å². The molecule has 1 N–H and O–H groups in total. The largest absolute Gasteiger partial charge is 0.481 e. The van der Waals surface area contributed by atoms with Gasteiger partial charge in [0.2, 0.25) is 0 Å². The van der Waals surface area contributed by atoms with Gasteiger partial charge in [-0.1, -0.05) is 30.3 Å². The zero-order valence-electron chi connectivity index (χ0n) is 9.70. The lowest BCUT2D eigenvalue weighted by Crippen LogP contribution is -2.20. The number of hydrogen-bond donors (Lipinski definition) is 1. The summed E-state index contributed by atoms with van der Waals surface area (Å²) >= 11 is 0. The highest BCUT2D eigenvalue weighted by molar-refractivity contribution is 7.86. The van der Waals surface area contributed by atoms with Crippen molar-refractivity contribution in [3.63, 3.8) is 0 Å². The van der Waals surface area contributed by atoms with Crippen molar-refractivity contribution in [2.45, 2.75) is 6.42 Å². The second-order valence-electron chi connectivity index (χ2n) is 3.58. The van der Waals surface area contributed by atoms with Crippen LogP contribution in [-0.2, 0) is 31.5 Å². The predicted molar refractivity (Wildman–Crippen MR) is 66.6 cm³/mol. The molecule has 0 aromatic heterocycles. The topological polar surface area (TPSA) is 80.7 Å². The Kier molecular flexibility index (Phi) is 6.07. The van der Waals surface area contributed by atoms with Crippen LogP contribution in [0.15, 0.2) is 30.3 Å². The Morgan fingerprint density at radius 2 is 1.83 bits per heavy atom. The van der Waals surface area contributed by atoms with E-state index in [4.69, 9.17) is 9.84 Å². The molecule has 0 saturated carbocycles. The summed E-state index contributed by atoms with van der Waals surface area (Å²) in [5.74, 6) is -2.73. The molecule has 1 atom stereocenters. The number of carboxylic acid groups (broad SMARTS) is 1. The second-order valence-corrected chi connectivity index (χ2v) is 5.04. The summed E-state index contributed by atoms with van der Waals surface area (Å²) < 4.78 is 16.0. The maximum Gasteiger partial charge on any atom is 0.318 e. The van der Waals surface area contributed by atoms with Crippen LogP contribution in [-0.4, -0.2) is 39.4 Å². The number of aliphatic carboxylic acids is 1. The standard InChI is InChI=1S/C12H14O5S/c13-11(14)8-18(16)9-12(15)17-7-6-10-4-2-1-3-5-10/h1-5H,6-9H2,(H,13,14). The first kappa shape index (κ1) is 14.4. The summed E-state index contributed by atoms with van der Waals surface area (Å²) in [4.78, 5) is 21.5. The Bertz CT molecular complexity index is 429. The first-order chi connectivity index (χ1) is 8.58. The Hall–Kier alpha value is -1.69. The van der Waals surface area contributed by atoms with Crippen LogP contribution in [0.4, 0.5) is 0 Å². The minimum Gasteiger partial charge on any atom is -0.481 e. The molecule has 18 heavy (non-hydrogen) atoms. The lowest BCUT2D eigenvalue weighted by atomic mass is 10.2. The second kappa shape index (κ2) is 7.60. The number of hydrogen-bond acceptors (Lipinski definition) is 4. The third-order valence-corrected chi connectivity index (χ3v) is 3.19. The molecule has 0 aliphatic carbocycles. The van der Waals surface area contributed by atoms with Crippen LogP contribution < -0.4 is 0 Å². The summed E-state index contributed by atoms with van der Waals surface area (Å²) in [7, 11) is -1.70. The van der Waals surface area contributed by atoms with Gasteiger partial charge < -0.3 is 9.84 Å². The number of rotatable bonds is 7. The monoisotopic (exact) mass is 270 g/mol. The molecule has 1 aromatic rings. The van der Waals surface area contributed by atoms with Gasteiger partial charge in [-0.15, -0.1) is 0 Å². The highest BCUT2D eigenvalue weighted by Gasteiger charge is 2.12. The molecule has 0 saturated heterocycles. The van der Waals surface area contributed by atoms with E-state index in [1.165, 1.54) is 0 Å². The van der Waals surface area contributed by atoms with E-state index in [0.29, 0.717) is 6.42 Å². The number of esters is 1. The number of carbonyl (C=O) groups is 2. The van der Waals surface area contributed by atoms with Crippen LogP contribution in [0.5, 0.6) is 0 Å². The molecule has 0 heterocycles. The van der Waals surface area contributed by atoms with Gasteiger partial charge in [-0.2, -0.15) is 0 Å². The van der Waals surface area contributed by atoms with Gasteiger partial charge in [0.05, 0.1) is 6.61 Å². The van der Waals surface area contributed by atoms with Crippen LogP contribution in [0.1, 0.15) is 5.56 Å². The molecule has 0 spiro atoms. The molecule has 98 valence electrons. The fraction of sp³-hybridized carbons (Fsp3) is 0.333. The lowest BCUT2D eigenvalue weighted by Gasteiger charge is -2.04. The highest BCUT2D eigenvalue weighted by atomic mass is 32.2. The molecule has 0 radical (unpaired) electrons. The Morgan fingerprint density at radius 3 is 2.44 bits per heavy atom. The molecule has 0 aliphatic heterocycles. The minimum absolute atomic E-state index is 0.202. The summed E-state index contributed by atoms with van der Waals surface area (Å²) in [6, 6.07) is 9.50. The minimum atomic E-state index is -1.70. The van der Waals surface area contributed by atoms with Crippen molar-refractivity contribution in [3.05, 3.63) is 35.9 Å². The van der Waals surface area contributed by atoms with E-state index < -0.39 is 28.5 Å². The molecule has 0 amide bonds. The molecule has 6 heteroatoms. The maximum absolute atomic E-state index is 11.2. The maximum atomic E-state index is 11.2. The quantitative estimate of drug-likeness (QED) is 0.734. The molecule has 0 aliphatic rings. The summed E-state index contributed by atoms with van der Waals surface area (Å²) in [6.07, 6.45) is 0.581. The summed E-state index contributed by atoms with van der Waals surface area (Å²) in [6.45, 7) is 0.202. The normalized spacial score (nSPS) is 11.8. The average Bonchev–Trinajstić information content (AvgIpc) is 2.29. The van der Waals surface area contributed by atoms with Crippen molar-refractivity contribution in [1.82, 2.24) is 0 Å². The van der Waals surface area contributed by atoms with Gasteiger partial charge in [0, 0.05) is 17.2 Å². The van der Waals surface area contributed by atoms with Crippen molar-refractivity contribution in [2.75, 3.05) is 18.1 Å². The number of carbonyl (C=O) groups excluding carboxylic acids is 1. The Balaban J connectivity index is 2.21. The molecule has 5 nitrogen and oxygen atoms in total. The van der Waals surface area contributed by atoms with Crippen molar-refractivity contribution in [2.24, 2.45) is 0 Å². The van der Waals surface area contributed by atoms with Crippen molar-refractivity contribution in [1.29, 1.82) is 0 Å². The summed E-state index contributed by atoms with van der Waals surface area (Å²) in [5, 5.41) is 8.38. The number of ether oxygens (including phenoxy) is 1. The fourth-order valence-corrected chi connectivity index (χ4v) is 2.01. The molecule has 0 fully saturated rings. The van der Waals surface area contributed by atoms with E-state index >= 15 is 0 Å². The van der Waals surface area contributed by atoms with E-state index in [0.717, 1.165) is 5.56 Å². The highest BCUT2D eigenvalue weighted by Crippen LogP contribution is 1.99. The van der Waals surface area contributed by atoms with E-state index in [1.807, 2.05) is 30.3 Å². The van der Waals surface area contributed by atoms with Crippen molar-refractivity contribution >= 4 is 22.7 Å². The van der Waals surface area contributed by atoms with E-state index in [1.54, 1.807) is 0 Å². The van der Waals surface area contributed by atoms with Gasteiger partial charge in [-0.3, -0.25) is 13.8 Å². The smallest absolute Gasteiger partial charge is 0.318 e. The van der Waals surface area contributed by atoms with Gasteiger partial charge in [0.15, 0.2) is 0 Å². The molecular formula is C12H14O5S. The average molecular weight is 270 g/mol. The molecular weight excluding hydrogens is 256 g/mol. The molecule has 1 aromatic carbocycles. The van der Waals surface area contributed by atoms with Crippen LogP contribution in [0, 0.1) is 0 Å². The van der Waals surface area contributed by atoms with Crippen LogP contribution in [0.25, 0.3) is 0 Å². The summed E-state index contributed by atoms with van der Waals surface area (Å²) in [5.41, 5.74) is 1.04. The first-order valence-corrected chi connectivity index (χ1v) is 6.83. The zero-order valence-corrected chi connectivity index (χ0v) is 10.5. The predicted octanol–water partition coefficient (Wildman–Crippen LogP) is 0.606. The molecule has 1 unspecified atom stereocenters. The Labute approximate surface area is 107 Å². The molecule has 1 rings (SSSR count). The molecule has 0 bridgehead atoms. The number of benzene rings is 1. The zero-order chi connectivity index (χ0) is 13.4. The van der Waals surface area contributed by atoms with E-state index in [9.17, 15) is 13.8 Å². The van der Waals surface area contributed by atoms with Gasteiger partial charge in [0.25, 0.3) is 0 Å². The van der Waals surface area contributed by atoms with Crippen LogP contribution in [0.3, 0.4) is 0 Å². The van der Waals surface area contributed by atoms with Gasteiger partial charge >= 0.3 is 11.9 Å². The van der Waals surface area contributed by atoms with Crippen molar-refractivity contribution in [3.8, 4) is 0 Å². The third kappa shape index (κ3) is 6.15. The number of carboxylic acids is 1. The van der Waals surface area contributed by atoms with Gasteiger partial charge in [-0.05, 0) is 5.56 Å². The fourth-order valence-electron chi connectivity index (χ4n) is 1.29. The van der Waals surface area contributed by atoms with Crippen LogP contribution >= 0.6 is 0 Å². The SMILES string of the molecule is O=C(O)CS(=O)CC(=O)OCCc1ccccc1. The van der Waals surface area contributed by atoms with E-state index in [-0.39, 0.29) is 12.4 Å². The third-order valence-electron chi connectivity index (χ3n) is 2.06.